The molecule has 2 saturated heterocycles. The van der Waals surface area contributed by atoms with Gasteiger partial charge in [-0.3, -0.25) is 0 Å². The number of hydrogen-bond donors (Lipinski definition) is 0. The minimum atomic E-state index is 0.439. The molecule has 0 amide bonds. The first-order valence-electron chi connectivity index (χ1n) is 5.85. The summed E-state index contributed by atoms with van der Waals surface area (Å²) in [5, 5.41) is 0. The molecule has 2 rings (SSSR count). The highest BCUT2D eigenvalue weighted by molar-refractivity contribution is 4.87. The number of nitrogens with zero attached hydrogens (tertiary/aromatic N) is 1. The fraction of sp³-hybridized carbons (Fsp3) is 1.00. The molecule has 82 valence electrons. The van der Waals surface area contributed by atoms with E-state index in [-0.39, 0.29) is 0 Å². The Morgan fingerprint density at radius 2 is 1.93 bits per heavy atom. The smallest absolute Gasteiger partial charge is 0.0509 e. The van der Waals surface area contributed by atoms with E-state index in [4.69, 9.17) is 4.74 Å². The van der Waals surface area contributed by atoms with Crippen LogP contribution in [-0.4, -0.2) is 37.7 Å². The van der Waals surface area contributed by atoms with E-state index in [2.05, 4.69) is 25.7 Å². The lowest BCUT2D eigenvalue weighted by molar-refractivity contribution is 0.0369. The molecule has 2 heterocycles. The van der Waals surface area contributed by atoms with Gasteiger partial charge in [0, 0.05) is 26.2 Å². The van der Waals surface area contributed by atoms with Crippen molar-refractivity contribution in [1.82, 2.24) is 4.90 Å². The molecule has 2 aliphatic rings. The number of fused-ring (bicyclic) bond motifs is 1. The van der Waals surface area contributed by atoms with Crippen LogP contribution in [0.25, 0.3) is 0 Å². The molecule has 2 atom stereocenters. The topological polar surface area (TPSA) is 12.5 Å². The second-order valence-corrected chi connectivity index (χ2v) is 6.14. The summed E-state index contributed by atoms with van der Waals surface area (Å²) in [6.45, 7) is 12.8. The van der Waals surface area contributed by atoms with Crippen LogP contribution in [0.4, 0.5) is 0 Å². The number of likely N-dealkylation sites (tertiary alicyclic amines) is 1. The predicted octanol–water partition coefficient (Wildman–Crippen LogP) is 2.00. The molecule has 2 unspecified atom stereocenters. The van der Waals surface area contributed by atoms with Gasteiger partial charge in [0.25, 0.3) is 0 Å². The Bertz CT molecular complexity index is 183. The lowest BCUT2D eigenvalue weighted by Gasteiger charge is -2.26. The normalized spacial score (nSPS) is 34.5. The third-order valence-corrected chi connectivity index (χ3v) is 3.31. The van der Waals surface area contributed by atoms with Gasteiger partial charge in [0.15, 0.2) is 0 Å². The Morgan fingerprint density at radius 3 is 2.57 bits per heavy atom. The minimum absolute atomic E-state index is 0.439. The summed E-state index contributed by atoms with van der Waals surface area (Å²) in [6.07, 6.45) is 1.28. The van der Waals surface area contributed by atoms with Gasteiger partial charge in [-0.15, -0.1) is 0 Å². The molecular formula is C12H23NO. The molecule has 0 bridgehead atoms. The van der Waals surface area contributed by atoms with Gasteiger partial charge in [0.2, 0.25) is 0 Å². The largest absolute Gasteiger partial charge is 0.381 e. The van der Waals surface area contributed by atoms with Gasteiger partial charge in [-0.2, -0.15) is 0 Å². The molecule has 2 heteroatoms. The van der Waals surface area contributed by atoms with Gasteiger partial charge in [-0.1, -0.05) is 20.8 Å². The average Bonchev–Trinajstić information content (AvgIpc) is 2.42. The van der Waals surface area contributed by atoms with Crippen molar-refractivity contribution in [1.29, 1.82) is 0 Å². The molecule has 0 aliphatic carbocycles. The Balaban J connectivity index is 1.87. The summed E-state index contributed by atoms with van der Waals surface area (Å²) >= 11 is 0. The monoisotopic (exact) mass is 197 g/mol. The quantitative estimate of drug-likeness (QED) is 0.637. The molecule has 0 aromatic rings. The maximum absolute atomic E-state index is 5.54. The fourth-order valence-electron chi connectivity index (χ4n) is 2.82. The van der Waals surface area contributed by atoms with Gasteiger partial charge in [0.1, 0.15) is 0 Å². The zero-order valence-electron chi connectivity index (χ0n) is 9.75. The van der Waals surface area contributed by atoms with Crippen molar-refractivity contribution in [3.63, 3.8) is 0 Å². The van der Waals surface area contributed by atoms with Crippen molar-refractivity contribution < 1.29 is 4.74 Å². The molecule has 0 N–H and O–H groups in total. The first kappa shape index (κ1) is 10.4. The summed E-state index contributed by atoms with van der Waals surface area (Å²) in [5.74, 6) is 1.75. The molecule has 2 fully saturated rings. The van der Waals surface area contributed by atoms with E-state index in [0.717, 1.165) is 25.0 Å². The van der Waals surface area contributed by atoms with Crippen LogP contribution in [0.5, 0.6) is 0 Å². The predicted molar refractivity (Wildman–Crippen MR) is 58.3 cm³/mol. The summed E-state index contributed by atoms with van der Waals surface area (Å²) in [4.78, 5) is 2.63. The molecule has 14 heavy (non-hydrogen) atoms. The van der Waals surface area contributed by atoms with Crippen LogP contribution in [-0.2, 0) is 4.74 Å². The van der Waals surface area contributed by atoms with Gasteiger partial charge in [-0.05, 0) is 23.7 Å². The Hall–Kier alpha value is -0.0800. The van der Waals surface area contributed by atoms with E-state index < -0.39 is 0 Å². The van der Waals surface area contributed by atoms with Crippen molar-refractivity contribution in [2.24, 2.45) is 17.3 Å². The van der Waals surface area contributed by atoms with Gasteiger partial charge < -0.3 is 9.64 Å². The van der Waals surface area contributed by atoms with Crippen molar-refractivity contribution in [2.45, 2.75) is 27.2 Å². The number of rotatable bonds is 1. The summed E-state index contributed by atoms with van der Waals surface area (Å²) in [5.41, 5.74) is 0.439. The first-order chi connectivity index (χ1) is 6.54. The summed E-state index contributed by atoms with van der Waals surface area (Å²) < 4.78 is 5.54. The first-order valence-corrected chi connectivity index (χ1v) is 5.85. The fourth-order valence-corrected chi connectivity index (χ4v) is 2.82. The molecule has 0 aromatic carbocycles. The van der Waals surface area contributed by atoms with Gasteiger partial charge >= 0.3 is 0 Å². The van der Waals surface area contributed by atoms with E-state index in [1.54, 1.807) is 0 Å². The summed E-state index contributed by atoms with van der Waals surface area (Å²) in [7, 11) is 0. The minimum Gasteiger partial charge on any atom is -0.381 e. The van der Waals surface area contributed by atoms with Crippen LogP contribution in [0, 0.1) is 17.3 Å². The van der Waals surface area contributed by atoms with E-state index >= 15 is 0 Å². The molecule has 0 radical (unpaired) electrons. The van der Waals surface area contributed by atoms with Crippen LogP contribution in [0.2, 0.25) is 0 Å². The zero-order chi connectivity index (χ0) is 10.2. The van der Waals surface area contributed by atoms with Crippen molar-refractivity contribution in [3.8, 4) is 0 Å². The average molecular weight is 197 g/mol. The van der Waals surface area contributed by atoms with Crippen LogP contribution in [0.15, 0.2) is 0 Å². The van der Waals surface area contributed by atoms with Gasteiger partial charge in [0.05, 0.1) is 6.61 Å². The SMILES string of the molecule is CC(C)(C)CN1CC2CCOCC2C1. The molecule has 0 saturated carbocycles. The van der Waals surface area contributed by atoms with Crippen LogP contribution in [0.3, 0.4) is 0 Å². The van der Waals surface area contributed by atoms with Crippen LogP contribution >= 0.6 is 0 Å². The van der Waals surface area contributed by atoms with E-state index in [1.165, 1.54) is 26.1 Å². The highest BCUT2D eigenvalue weighted by atomic mass is 16.5. The molecule has 2 aliphatic heterocycles. The molecular weight excluding hydrogens is 174 g/mol. The maximum Gasteiger partial charge on any atom is 0.0509 e. The highest BCUT2D eigenvalue weighted by Gasteiger charge is 2.35. The Kier molecular flexibility index (Phi) is 2.85. The van der Waals surface area contributed by atoms with Crippen LogP contribution < -0.4 is 0 Å². The third-order valence-electron chi connectivity index (χ3n) is 3.31. The Labute approximate surface area is 87.6 Å². The molecule has 0 spiro atoms. The lowest BCUT2D eigenvalue weighted by atomic mass is 9.92. The van der Waals surface area contributed by atoms with Crippen molar-refractivity contribution in [3.05, 3.63) is 0 Å². The number of ether oxygens (including phenoxy) is 1. The lowest BCUT2D eigenvalue weighted by Crippen LogP contribution is -2.31. The highest BCUT2D eigenvalue weighted by Crippen LogP contribution is 2.31. The number of hydrogen-bond acceptors (Lipinski definition) is 2. The van der Waals surface area contributed by atoms with Crippen molar-refractivity contribution >= 4 is 0 Å². The molecule has 0 aromatic heterocycles. The van der Waals surface area contributed by atoms with Crippen molar-refractivity contribution in [2.75, 3.05) is 32.8 Å². The second kappa shape index (κ2) is 3.82. The Morgan fingerprint density at radius 1 is 1.21 bits per heavy atom. The summed E-state index contributed by atoms with van der Waals surface area (Å²) in [6, 6.07) is 0. The third kappa shape index (κ3) is 2.48. The standard InChI is InChI=1S/C12H23NO/c1-12(2,3)9-13-6-10-4-5-14-8-11(10)7-13/h10-11H,4-9H2,1-3H3. The second-order valence-electron chi connectivity index (χ2n) is 6.14. The van der Waals surface area contributed by atoms with Gasteiger partial charge in [-0.25, -0.2) is 0 Å². The van der Waals surface area contributed by atoms with E-state index in [1.807, 2.05) is 0 Å². The zero-order valence-corrected chi connectivity index (χ0v) is 9.75. The van der Waals surface area contributed by atoms with E-state index in [9.17, 15) is 0 Å². The van der Waals surface area contributed by atoms with E-state index in [0.29, 0.717) is 5.41 Å². The molecule has 2 nitrogen and oxygen atoms in total. The van der Waals surface area contributed by atoms with Crippen LogP contribution in [0.1, 0.15) is 27.2 Å². The maximum atomic E-state index is 5.54.